The Balaban J connectivity index is 2.24. The molecular formula is C10H19N3O2. The number of carbonyl (C=O) groups is 2. The van der Waals surface area contributed by atoms with Gasteiger partial charge < -0.3 is 16.0 Å². The van der Waals surface area contributed by atoms with Crippen LogP contribution in [0.5, 0.6) is 0 Å². The van der Waals surface area contributed by atoms with Crippen molar-refractivity contribution in [1.82, 2.24) is 16.0 Å². The molecule has 86 valence electrons. The monoisotopic (exact) mass is 213 g/mol. The summed E-state index contributed by atoms with van der Waals surface area (Å²) in [4.78, 5) is 22.4. The second-order valence-electron chi connectivity index (χ2n) is 3.73. The molecule has 15 heavy (non-hydrogen) atoms. The average molecular weight is 213 g/mol. The van der Waals surface area contributed by atoms with Gasteiger partial charge in [-0.05, 0) is 19.8 Å². The minimum Gasteiger partial charge on any atom is -0.356 e. The Morgan fingerprint density at radius 3 is 3.13 bits per heavy atom. The number of nitrogens with one attached hydrogen (secondary N) is 3. The van der Waals surface area contributed by atoms with Gasteiger partial charge in [0.2, 0.25) is 11.8 Å². The van der Waals surface area contributed by atoms with Gasteiger partial charge in [0.1, 0.15) is 0 Å². The van der Waals surface area contributed by atoms with Gasteiger partial charge in [0.25, 0.3) is 0 Å². The van der Waals surface area contributed by atoms with E-state index in [1.54, 1.807) is 0 Å². The second kappa shape index (κ2) is 6.40. The molecule has 1 atom stereocenters. The van der Waals surface area contributed by atoms with Crippen LogP contribution in [-0.4, -0.2) is 37.5 Å². The molecule has 1 rings (SSSR count). The lowest BCUT2D eigenvalue weighted by Crippen LogP contribution is -2.40. The average Bonchev–Trinajstić information content (AvgIpc) is 2.40. The van der Waals surface area contributed by atoms with Crippen molar-refractivity contribution in [2.75, 3.05) is 19.6 Å². The van der Waals surface area contributed by atoms with Gasteiger partial charge in [-0.25, -0.2) is 0 Å². The van der Waals surface area contributed by atoms with Crippen molar-refractivity contribution >= 4 is 11.8 Å². The Morgan fingerprint density at radius 2 is 2.40 bits per heavy atom. The topological polar surface area (TPSA) is 70.2 Å². The maximum atomic E-state index is 11.2. The minimum atomic E-state index is -0.0119. The maximum Gasteiger partial charge on any atom is 0.233 e. The van der Waals surface area contributed by atoms with Crippen LogP contribution in [0, 0.1) is 0 Å². The van der Waals surface area contributed by atoms with Crippen LogP contribution in [0.15, 0.2) is 0 Å². The first kappa shape index (κ1) is 12.0. The molecule has 0 aromatic carbocycles. The molecule has 0 aromatic heterocycles. The predicted molar refractivity (Wildman–Crippen MR) is 57.3 cm³/mol. The summed E-state index contributed by atoms with van der Waals surface area (Å²) in [5, 5.41) is 8.62. The van der Waals surface area contributed by atoms with E-state index in [9.17, 15) is 9.59 Å². The van der Waals surface area contributed by atoms with Gasteiger partial charge in [0, 0.05) is 25.6 Å². The number of carbonyl (C=O) groups excluding carboxylic acids is 2. The Labute approximate surface area is 90.0 Å². The maximum absolute atomic E-state index is 11.2. The standard InChI is InChI=1S/C10H19N3O2/c1-2-11-10(15)7-13-8-4-3-5-12-9(14)6-8/h8,13H,2-7H2,1H3,(H,11,15)(H,12,14). The third-order valence-corrected chi connectivity index (χ3v) is 2.41. The van der Waals surface area contributed by atoms with E-state index < -0.39 is 0 Å². The molecule has 1 aliphatic rings. The molecule has 0 aromatic rings. The molecule has 0 radical (unpaired) electrons. The molecule has 3 N–H and O–H groups in total. The van der Waals surface area contributed by atoms with E-state index in [0.717, 1.165) is 19.4 Å². The Hall–Kier alpha value is -1.10. The summed E-state index contributed by atoms with van der Waals surface area (Å²) in [6.07, 6.45) is 2.39. The number of amides is 2. The largest absolute Gasteiger partial charge is 0.356 e. The highest BCUT2D eigenvalue weighted by atomic mass is 16.2. The van der Waals surface area contributed by atoms with Gasteiger partial charge >= 0.3 is 0 Å². The van der Waals surface area contributed by atoms with Crippen molar-refractivity contribution < 1.29 is 9.59 Å². The molecule has 1 unspecified atom stereocenters. The zero-order valence-corrected chi connectivity index (χ0v) is 9.14. The first-order valence-corrected chi connectivity index (χ1v) is 5.49. The number of hydrogen-bond donors (Lipinski definition) is 3. The highest BCUT2D eigenvalue weighted by molar-refractivity contribution is 5.78. The number of hydrogen-bond acceptors (Lipinski definition) is 3. The highest BCUT2D eigenvalue weighted by Gasteiger charge is 2.17. The summed E-state index contributed by atoms with van der Waals surface area (Å²) in [5.74, 6) is 0.0584. The lowest BCUT2D eigenvalue weighted by atomic mass is 10.1. The van der Waals surface area contributed by atoms with Crippen LogP contribution in [0.4, 0.5) is 0 Å². The third kappa shape index (κ3) is 4.78. The first-order chi connectivity index (χ1) is 7.22. The minimum absolute atomic E-state index is 0.0119. The van der Waals surface area contributed by atoms with Crippen LogP contribution in [-0.2, 0) is 9.59 Å². The molecule has 5 nitrogen and oxygen atoms in total. The van der Waals surface area contributed by atoms with E-state index in [1.165, 1.54) is 0 Å². The van der Waals surface area contributed by atoms with Gasteiger partial charge in [-0.1, -0.05) is 0 Å². The van der Waals surface area contributed by atoms with Gasteiger partial charge in [0.05, 0.1) is 6.54 Å². The van der Waals surface area contributed by atoms with E-state index in [0.29, 0.717) is 19.5 Å². The molecule has 1 fully saturated rings. The fraction of sp³-hybridized carbons (Fsp3) is 0.800. The van der Waals surface area contributed by atoms with E-state index in [1.807, 2.05) is 6.92 Å². The molecule has 5 heteroatoms. The second-order valence-corrected chi connectivity index (χ2v) is 3.73. The Bertz CT molecular complexity index is 231. The lowest BCUT2D eigenvalue weighted by Gasteiger charge is -2.14. The molecule has 0 spiro atoms. The zero-order chi connectivity index (χ0) is 11.1. The lowest BCUT2D eigenvalue weighted by molar-refractivity contribution is -0.122. The van der Waals surface area contributed by atoms with Crippen molar-refractivity contribution in [2.24, 2.45) is 0 Å². The van der Waals surface area contributed by atoms with Gasteiger partial charge in [-0.3, -0.25) is 9.59 Å². The Kier molecular flexibility index (Phi) is 5.10. The molecular weight excluding hydrogens is 194 g/mol. The fourth-order valence-electron chi connectivity index (χ4n) is 1.65. The van der Waals surface area contributed by atoms with Crippen molar-refractivity contribution in [3.05, 3.63) is 0 Å². The quantitative estimate of drug-likeness (QED) is 0.583. The van der Waals surface area contributed by atoms with E-state index in [-0.39, 0.29) is 17.9 Å². The smallest absolute Gasteiger partial charge is 0.233 e. The van der Waals surface area contributed by atoms with Gasteiger partial charge in [0.15, 0.2) is 0 Å². The van der Waals surface area contributed by atoms with Crippen LogP contribution >= 0.6 is 0 Å². The fourth-order valence-corrected chi connectivity index (χ4v) is 1.65. The molecule has 2 amide bonds. The Morgan fingerprint density at radius 1 is 1.60 bits per heavy atom. The molecule has 1 saturated heterocycles. The van der Waals surface area contributed by atoms with Gasteiger partial charge in [-0.2, -0.15) is 0 Å². The van der Waals surface area contributed by atoms with Crippen LogP contribution in [0.2, 0.25) is 0 Å². The summed E-state index contributed by atoms with van der Waals surface area (Å²) in [6, 6.07) is 0.134. The zero-order valence-electron chi connectivity index (χ0n) is 9.14. The summed E-state index contributed by atoms with van der Waals surface area (Å²) < 4.78 is 0. The SMILES string of the molecule is CCNC(=O)CNC1CCCNC(=O)C1. The number of likely N-dealkylation sites (N-methyl/N-ethyl adjacent to an activating group) is 1. The molecule has 0 bridgehead atoms. The van der Waals surface area contributed by atoms with Crippen molar-refractivity contribution in [3.63, 3.8) is 0 Å². The van der Waals surface area contributed by atoms with Crippen molar-refractivity contribution in [3.8, 4) is 0 Å². The summed E-state index contributed by atoms with van der Waals surface area (Å²) >= 11 is 0. The molecule has 0 aliphatic carbocycles. The summed E-state index contributed by atoms with van der Waals surface area (Å²) in [5.41, 5.74) is 0. The van der Waals surface area contributed by atoms with Crippen LogP contribution in [0.25, 0.3) is 0 Å². The highest BCUT2D eigenvalue weighted by Crippen LogP contribution is 2.05. The van der Waals surface area contributed by atoms with Crippen LogP contribution in [0.3, 0.4) is 0 Å². The number of rotatable bonds is 4. The van der Waals surface area contributed by atoms with Crippen molar-refractivity contribution in [2.45, 2.75) is 32.2 Å². The first-order valence-electron chi connectivity index (χ1n) is 5.49. The molecule has 1 aliphatic heterocycles. The van der Waals surface area contributed by atoms with Gasteiger partial charge in [-0.15, -0.1) is 0 Å². The molecule has 0 saturated carbocycles. The molecule has 1 heterocycles. The summed E-state index contributed by atoms with van der Waals surface area (Å²) in [7, 11) is 0. The van der Waals surface area contributed by atoms with Crippen molar-refractivity contribution in [1.29, 1.82) is 0 Å². The normalized spacial score (nSPS) is 21.7. The van der Waals surface area contributed by atoms with Crippen LogP contribution < -0.4 is 16.0 Å². The third-order valence-electron chi connectivity index (χ3n) is 2.41. The predicted octanol–water partition coefficient (Wildman–Crippen LogP) is -0.619. The van der Waals surface area contributed by atoms with E-state index in [4.69, 9.17) is 0 Å². The van der Waals surface area contributed by atoms with E-state index in [2.05, 4.69) is 16.0 Å². The van der Waals surface area contributed by atoms with Crippen LogP contribution in [0.1, 0.15) is 26.2 Å². The van der Waals surface area contributed by atoms with E-state index >= 15 is 0 Å². The summed E-state index contributed by atoms with van der Waals surface area (Å²) in [6.45, 7) is 3.58.